The summed E-state index contributed by atoms with van der Waals surface area (Å²) in [5.41, 5.74) is 0.569. The van der Waals surface area contributed by atoms with Gasteiger partial charge in [0, 0.05) is 11.8 Å². The van der Waals surface area contributed by atoms with Gasteiger partial charge in [-0.15, -0.1) is 0 Å². The number of hydrogen-bond acceptors (Lipinski definition) is 4. The number of esters is 1. The Hall–Kier alpha value is -2.50. The van der Waals surface area contributed by atoms with Crippen LogP contribution in [0.1, 0.15) is 28.5 Å². The van der Waals surface area contributed by atoms with Gasteiger partial charge in [-0.05, 0) is 31.0 Å². The molecule has 2 aromatic rings. The summed E-state index contributed by atoms with van der Waals surface area (Å²) in [7, 11) is 1.18. The number of methoxy groups -OCH3 is 1. The third kappa shape index (κ3) is 2.84. The molecule has 0 aliphatic heterocycles. The number of halogens is 1. The average Bonchev–Trinajstić information content (AvgIpc) is 2.49. The molecular weight excluding hydrogens is 275 g/mol. The minimum atomic E-state index is -0.809. The zero-order valence-corrected chi connectivity index (χ0v) is 12.0. The van der Waals surface area contributed by atoms with Crippen molar-refractivity contribution in [2.24, 2.45) is 0 Å². The minimum absolute atomic E-state index is 0.308. The number of ether oxygens (including phenoxy) is 1. The Balaban J connectivity index is 2.66. The van der Waals surface area contributed by atoms with Crippen molar-refractivity contribution in [3.05, 3.63) is 57.3 Å². The zero-order valence-electron chi connectivity index (χ0n) is 12.0. The quantitative estimate of drug-likeness (QED) is 0.811. The summed E-state index contributed by atoms with van der Waals surface area (Å²) >= 11 is 0. The maximum absolute atomic E-state index is 13.7. The van der Waals surface area contributed by atoms with Gasteiger partial charge in [-0.1, -0.05) is 13.0 Å². The fraction of sp³-hybridized carbons (Fsp3) is 0.267. The van der Waals surface area contributed by atoms with E-state index in [-0.39, 0.29) is 11.5 Å². The van der Waals surface area contributed by atoms with Gasteiger partial charge in [-0.25, -0.2) is 13.9 Å². The summed E-state index contributed by atoms with van der Waals surface area (Å²) in [5, 5.41) is 3.96. The van der Waals surface area contributed by atoms with Crippen LogP contribution < -0.4 is 5.43 Å². The van der Waals surface area contributed by atoms with Gasteiger partial charge < -0.3 is 4.74 Å². The molecule has 0 unspecified atom stereocenters. The van der Waals surface area contributed by atoms with Crippen molar-refractivity contribution < 1.29 is 13.9 Å². The van der Waals surface area contributed by atoms with Gasteiger partial charge in [0.2, 0.25) is 11.1 Å². The molecule has 0 fully saturated rings. The van der Waals surface area contributed by atoms with E-state index in [0.29, 0.717) is 23.2 Å². The molecule has 0 aliphatic rings. The van der Waals surface area contributed by atoms with Gasteiger partial charge in [0.15, 0.2) is 0 Å². The lowest BCUT2D eigenvalue weighted by molar-refractivity contribution is 0.0590. The number of nitrogens with zero attached hydrogens (tertiary/aromatic N) is 2. The number of hydrogen-bond donors (Lipinski definition) is 0. The first-order valence-electron chi connectivity index (χ1n) is 6.45. The Morgan fingerprint density at radius 3 is 2.71 bits per heavy atom. The summed E-state index contributed by atoms with van der Waals surface area (Å²) < 4.78 is 19.5. The average molecular weight is 290 g/mol. The Bertz CT molecular complexity index is 753. The number of carbonyl (C=O) groups excluding carboxylic acids is 1. The molecule has 0 bridgehead atoms. The summed E-state index contributed by atoms with van der Waals surface area (Å²) in [6, 6.07) is 4.57. The van der Waals surface area contributed by atoms with Gasteiger partial charge in [0.05, 0.1) is 12.8 Å². The number of benzene rings is 1. The van der Waals surface area contributed by atoms with Gasteiger partial charge in [0.1, 0.15) is 5.82 Å². The molecule has 110 valence electrons. The van der Waals surface area contributed by atoms with Gasteiger partial charge in [0.25, 0.3) is 0 Å². The van der Waals surface area contributed by atoms with Crippen molar-refractivity contribution >= 4 is 5.97 Å². The normalized spacial score (nSPS) is 10.5. The largest absolute Gasteiger partial charge is 0.464 e. The van der Waals surface area contributed by atoms with E-state index in [1.807, 2.05) is 0 Å². The third-order valence-electron chi connectivity index (χ3n) is 3.17. The van der Waals surface area contributed by atoms with E-state index in [0.717, 1.165) is 0 Å². The molecule has 0 radical (unpaired) electrons. The lowest BCUT2D eigenvalue weighted by Crippen LogP contribution is -2.25. The molecule has 2 rings (SSSR count). The Morgan fingerprint density at radius 1 is 1.43 bits per heavy atom. The van der Waals surface area contributed by atoms with Crippen molar-refractivity contribution in [1.82, 2.24) is 9.78 Å². The predicted octanol–water partition coefficient (Wildman–Crippen LogP) is 2.03. The highest BCUT2D eigenvalue weighted by molar-refractivity contribution is 5.87. The fourth-order valence-corrected chi connectivity index (χ4v) is 1.88. The highest BCUT2D eigenvalue weighted by Gasteiger charge is 2.17. The summed E-state index contributed by atoms with van der Waals surface area (Å²) in [6.07, 6.45) is 1.93. The second kappa shape index (κ2) is 5.87. The van der Waals surface area contributed by atoms with E-state index < -0.39 is 11.4 Å². The minimum Gasteiger partial charge on any atom is -0.464 e. The third-order valence-corrected chi connectivity index (χ3v) is 3.17. The highest BCUT2D eigenvalue weighted by Crippen LogP contribution is 2.13. The maximum Gasteiger partial charge on any atom is 0.362 e. The van der Waals surface area contributed by atoms with Crippen LogP contribution in [-0.4, -0.2) is 22.9 Å². The van der Waals surface area contributed by atoms with E-state index in [1.54, 1.807) is 26.0 Å². The number of aromatic nitrogens is 2. The van der Waals surface area contributed by atoms with Crippen molar-refractivity contribution in [2.45, 2.75) is 20.3 Å². The van der Waals surface area contributed by atoms with Crippen LogP contribution in [0.2, 0.25) is 0 Å². The SMILES string of the molecule is CCc1cn(-c2ccc(C)c(F)c2)nc(C(=O)OC)c1=O. The summed E-state index contributed by atoms with van der Waals surface area (Å²) in [4.78, 5) is 23.7. The summed E-state index contributed by atoms with van der Waals surface area (Å²) in [5.74, 6) is -1.19. The molecule has 0 saturated carbocycles. The van der Waals surface area contributed by atoms with Crippen LogP contribution in [0.25, 0.3) is 5.69 Å². The van der Waals surface area contributed by atoms with Crippen LogP contribution >= 0.6 is 0 Å². The van der Waals surface area contributed by atoms with Crippen molar-refractivity contribution in [3.8, 4) is 5.69 Å². The highest BCUT2D eigenvalue weighted by atomic mass is 19.1. The zero-order chi connectivity index (χ0) is 15.6. The molecule has 1 heterocycles. The lowest BCUT2D eigenvalue weighted by Gasteiger charge is -2.10. The van der Waals surface area contributed by atoms with Crippen LogP contribution in [0.15, 0.2) is 29.2 Å². The molecule has 21 heavy (non-hydrogen) atoms. The van der Waals surface area contributed by atoms with Gasteiger partial charge in [-0.2, -0.15) is 5.10 Å². The van der Waals surface area contributed by atoms with E-state index in [1.165, 1.54) is 24.1 Å². The topological polar surface area (TPSA) is 61.2 Å². The molecule has 6 heteroatoms. The molecule has 1 aromatic heterocycles. The second-order valence-corrected chi connectivity index (χ2v) is 4.56. The lowest BCUT2D eigenvalue weighted by atomic mass is 10.2. The molecule has 0 aliphatic carbocycles. The Kier molecular flexibility index (Phi) is 4.16. The maximum atomic E-state index is 13.7. The second-order valence-electron chi connectivity index (χ2n) is 4.56. The van der Waals surface area contributed by atoms with Crippen molar-refractivity contribution in [3.63, 3.8) is 0 Å². The molecular formula is C15H15FN2O3. The molecule has 5 nitrogen and oxygen atoms in total. The Labute approximate surface area is 121 Å². The van der Waals surface area contributed by atoms with Crippen LogP contribution in [0.4, 0.5) is 4.39 Å². The predicted molar refractivity (Wildman–Crippen MR) is 75.2 cm³/mol. The molecule has 0 saturated heterocycles. The first-order valence-corrected chi connectivity index (χ1v) is 6.45. The summed E-state index contributed by atoms with van der Waals surface area (Å²) in [6.45, 7) is 3.44. The molecule has 0 atom stereocenters. The first-order chi connectivity index (χ1) is 9.97. The van der Waals surface area contributed by atoms with E-state index >= 15 is 0 Å². The van der Waals surface area contributed by atoms with E-state index in [9.17, 15) is 14.0 Å². The van der Waals surface area contributed by atoms with Crippen LogP contribution in [0, 0.1) is 12.7 Å². The van der Waals surface area contributed by atoms with Gasteiger partial charge in [-0.3, -0.25) is 4.79 Å². The monoisotopic (exact) mass is 290 g/mol. The van der Waals surface area contributed by atoms with Crippen molar-refractivity contribution in [1.29, 1.82) is 0 Å². The Morgan fingerprint density at radius 2 is 2.14 bits per heavy atom. The first kappa shape index (κ1) is 14.9. The van der Waals surface area contributed by atoms with Crippen LogP contribution in [0.5, 0.6) is 0 Å². The standard InChI is InChI=1S/C15H15FN2O3/c1-4-10-8-18(11-6-5-9(2)12(16)7-11)17-13(14(10)19)15(20)21-3/h5-8H,4H2,1-3H3. The van der Waals surface area contributed by atoms with Crippen LogP contribution in [0.3, 0.4) is 0 Å². The number of rotatable bonds is 3. The number of carbonyl (C=O) groups is 1. The van der Waals surface area contributed by atoms with E-state index in [4.69, 9.17) is 0 Å². The molecule has 0 spiro atoms. The fourth-order valence-electron chi connectivity index (χ4n) is 1.88. The van der Waals surface area contributed by atoms with Crippen molar-refractivity contribution in [2.75, 3.05) is 7.11 Å². The molecule has 1 aromatic carbocycles. The molecule has 0 N–H and O–H groups in total. The number of aryl methyl sites for hydroxylation is 2. The van der Waals surface area contributed by atoms with E-state index in [2.05, 4.69) is 9.84 Å². The van der Waals surface area contributed by atoms with Gasteiger partial charge >= 0.3 is 5.97 Å². The smallest absolute Gasteiger partial charge is 0.362 e. The van der Waals surface area contributed by atoms with Crippen LogP contribution in [-0.2, 0) is 11.2 Å². The molecule has 0 amide bonds.